The topological polar surface area (TPSA) is 54.0 Å². The van der Waals surface area contributed by atoms with Gasteiger partial charge < -0.3 is 18.9 Å². The van der Waals surface area contributed by atoms with Crippen LogP contribution < -0.4 is 14.2 Å². The van der Waals surface area contributed by atoms with Crippen LogP contribution in [0.1, 0.15) is 44.2 Å². The van der Waals surface area contributed by atoms with Crippen LogP contribution >= 0.6 is 0 Å². The number of fused-ring (bicyclic) bond motifs is 1. The highest BCUT2D eigenvalue weighted by atomic mass is 16.6. The van der Waals surface area contributed by atoms with E-state index < -0.39 is 6.10 Å². The molecule has 0 saturated heterocycles. The molecular formula is C24H30O5. The molecule has 0 radical (unpaired) electrons. The molecule has 5 nitrogen and oxygen atoms in total. The molecule has 0 N–H and O–H groups in total. The number of rotatable bonds is 10. The molecule has 3 rings (SSSR count). The summed E-state index contributed by atoms with van der Waals surface area (Å²) in [6.07, 6.45) is 3.81. The first-order valence-corrected chi connectivity index (χ1v) is 10.5. The normalized spacial score (nSPS) is 15.2. The van der Waals surface area contributed by atoms with Crippen molar-refractivity contribution in [2.75, 3.05) is 19.8 Å². The molecule has 1 atom stereocenters. The van der Waals surface area contributed by atoms with Crippen LogP contribution in [0, 0.1) is 0 Å². The molecule has 0 spiro atoms. The fraction of sp³-hybridized carbons (Fsp3) is 0.458. The lowest BCUT2D eigenvalue weighted by Gasteiger charge is -2.25. The zero-order chi connectivity index (χ0) is 20.5. The van der Waals surface area contributed by atoms with E-state index in [9.17, 15) is 4.79 Å². The Morgan fingerprint density at radius 2 is 1.93 bits per heavy atom. The van der Waals surface area contributed by atoms with E-state index in [2.05, 4.69) is 13.0 Å². The Bertz CT molecular complexity index is 802. The third kappa shape index (κ3) is 5.89. The van der Waals surface area contributed by atoms with Gasteiger partial charge in [0.15, 0.2) is 6.10 Å². The summed E-state index contributed by atoms with van der Waals surface area (Å²) in [7, 11) is 0. The van der Waals surface area contributed by atoms with Crippen molar-refractivity contribution in [3.63, 3.8) is 0 Å². The number of hydrogen-bond acceptors (Lipinski definition) is 5. The Labute approximate surface area is 172 Å². The van der Waals surface area contributed by atoms with Crippen LogP contribution in [0.4, 0.5) is 0 Å². The van der Waals surface area contributed by atoms with Gasteiger partial charge in [-0.1, -0.05) is 37.6 Å². The molecule has 0 saturated carbocycles. The average molecular weight is 398 g/mol. The molecule has 1 heterocycles. The first kappa shape index (κ1) is 21.0. The molecule has 2 aromatic rings. The van der Waals surface area contributed by atoms with Gasteiger partial charge in [0.1, 0.15) is 17.2 Å². The van der Waals surface area contributed by atoms with Crippen molar-refractivity contribution < 1.29 is 23.7 Å². The van der Waals surface area contributed by atoms with Gasteiger partial charge in [-0.05, 0) is 49.4 Å². The monoisotopic (exact) mass is 398 g/mol. The summed E-state index contributed by atoms with van der Waals surface area (Å²) >= 11 is 0. The highest BCUT2D eigenvalue weighted by Gasteiger charge is 2.27. The first-order valence-electron chi connectivity index (χ1n) is 10.5. The third-order valence-corrected chi connectivity index (χ3v) is 4.84. The van der Waals surface area contributed by atoms with Crippen LogP contribution in [0.2, 0.25) is 0 Å². The number of esters is 1. The van der Waals surface area contributed by atoms with Crippen LogP contribution in [0.3, 0.4) is 0 Å². The summed E-state index contributed by atoms with van der Waals surface area (Å²) in [5.74, 6) is 2.10. The van der Waals surface area contributed by atoms with Gasteiger partial charge in [0, 0.05) is 12.5 Å². The van der Waals surface area contributed by atoms with Gasteiger partial charge in [0.05, 0.1) is 19.8 Å². The van der Waals surface area contributed by atoms with E-state index in [0.717, 1.165) is 42.7 Å². The van der Waals surface area contributed by atoms with E-state index in [1.165, 1.54) is 5.56 Å². The Kier molecular flexibility index (Phi) is 7.79. The maximum absolute atomic E-state index is 11.9. The lowest BCUT2D eigenvalue weighted by atomic mass is 10.0. The Balaban J connectivity index is 1.46. The van der Waals surface area contributed by atoms with Crippen molar-refractivity contribution in [2.24, 2.45) is 0 Å². The van der Waals surface area contributed by atoms with Crippen molar-refractivity contribution in [2.45, 2.75) is 52.1 Å². The summed E-state index contributed by atoms with van der Waals surface area (Å²) in [6.45, 7) is 5.48. The smallest absolute Gasteiger partial charge is 0.347 e. The highest BCUT2D eigenvalue weighted by Crippen LogP contribution is 2.31. The maximum atomic E-state index is 11.9. The van der Waals surface area contributed by atoms with Gasteiger partial charge in [-0.15, -0.1) is 0 Å². The summed E-state index contributed by atoms with van der Waals surface area (Å²) < 4.78 is 22.7. The van der Waals surface area contributed by atoms with E-state index in [4.69, 9.17) is 18.9 Å². The summed E-state index contributed by atoms with van der Waals surface area (Å²) in [5.41, 5.74) is 2.34. The fourth-order valence-corrected chi connectivity index (χ4v) is 3.39. The van der Waals surface area contributed by atoms with Crippen LogP contribution in [-0.4, -0.2) is 31.9 Å². The van der Waals surface area contributed by atoms with Crippen molar-refractivity contribution >= 4 is 5.97 Å². The van der Waals surface area contributed by atoms with E-state index in [1.807, 2.05) is 36.4 Å². The van der Waals surface area contributed by atoms with Gasteiger partial charge in [-0.2, -0.15) is 0 Å². The van der Waals surface area contributed by atoms with E-state index >= 15 is 0 Å². The number of benzene rings is 2. The van der Waals surface area contributed by atoms with Gasteiger partial charge in [0.2, 0.25) is 0 Å². The molecule has 0 bridgehead atoms. The number of hydrogen-bond donors (Lipinski definition) is 0. The minimum Gasteiger partial charge on any atom is -0.493 e. The second-order valence-corrected chi connectivity index (χ2v) is 7.07. The van der Waals surface area contributed by atoms with Crippen LogP contribution in [-0.2, 0) is 22.4 Å². The lowest BCUT2D eigenvalue weighted by Crippen LogP contribution is -2.32. The second kappa shape index (κ2) is 10.7. The van der Waals surface area contributed by atoms with Crippen LogP contribution in [0.25, 0.3) is 0 Å². The highest BCUT2D eigenvalue weighted by molar-refractivity contribution is 5.75. The van der Waals surface area contributed by atoms with Crippen LogP contribution in [0.5, 0.6) is 17.2 Å². The number of carbonyl (C=O) groups excluding carboxylic acids is 1. The molecule has 0 amide bonds. The molecular weight excluding hydrogens is 368 g/mol. The molecule has 1 aliphatic heterocycles. The number of ether oxygens (including phenoxy) is 4. The predicted molar refractivity (Wildman–Crippen MR) is 112 cm³/mol. The summed E-state index contributed by atoms with van der Waals surface area (Å²) in [6, 6.07) is 14.0. The second-order valence-electron chi connectivity index (χ2n) is 7.07. The summed E-state index contributed by atoms with van der Waals surface area (Å²) in [4.78, 5) is 11.9. The Hall–Kier alpha value is -2.69. The minimum absolute atomic E-state index is 0.301. The van der Waals surface area contributed by atoms with Crippen molar-refractivity contribution in [3.8, 4) is 17.2 Å². The number of para-hydroxylation sites is 1. The van der Waals surface area contributed by atoms with Crippen molar-refractivity contribution in [1.29, 1.82) is 0 Å². The molecule has 5 heteroatoms. The Morgan fingerprint density at radius 3 is 2.76 bits per heavy atom. The van der Waals surface area contributed by atoms with Gasteiger partial charge in [-0.25, -0.2) is 4.79 Å². The molecule has 0 aromatic heterocycles. The predicted octanol–water partition coefficient (Wildman–Crippen LogP) is 4.74. The third-order valence-electron chi connectivity index (χ3n) is 4.84. The first-order chi connectivity index (χ1) is 14.2. The average Bonchev–Trinajstić information content (AvgIpc) is 2.74. The standard InChI is InChI=1S/C24H30O5/c1-3-8-18-9-5-6-10-21(18)28-16-7-15-27-20-13-11-19-12-14-22(24(25)26-4-2)29-23(19)17-20/h5-6,9-11,13,17,22H,3-4,7-8,12,14-16H2,1-2H3. The molecule has 1 aliphatic rings. The van der Waals surface area contributed by atoms with Crippen LogP contribution in [0.15, 0.2) is 42.5 Å². The van der Waals surface area contributed by atoms with E-state index in [1.54, 1.807) is 6.92 Å². The zero-order valence-electron chi connectivity index (χ0n) is 17.3. The summed E-state index contributed by atoms with van der Waals surface area (Å²) in [5, 5.41) is 0. The van der Waals surface area contributed by atoms with Crippen molar-refractivity contribution in [3.05, 3.63) is 53.6 Å². The van der Waals surface area contributed by atoms with Crippen molar-refractivity contribution in [1.82, 2.24) is 0 Å². The largest absolute Gasteiger partial charge is 0.493 e. The number of aryl methyl sites for hydroxylation is 2. The molecule has 29 heavy (non-hydrogen) atoms. The van der Waals surface area contributed by atoms with E-state index in [0.29, 0.717) is 32.0 Å². The lowest BCUT2D eigenvalue weighted by molar-refractivity contribution is -0.152. The molecule has 1 unspecified atom stereocenters. The minimum atomic E-state index is -0.533. The fourth-order valence-electron chi connectivity index (χ4n) is 3.39. The molecule has 2 aromatic carbocycles. The quantitative estimate of drug-likeness (QED) is 0.427. The Morgan fingerprint density at radius 1 is 1.10 bits per heavy atom. The number of carbonyl (C=O) groups is 1. The van der Waals surface area contributed by atoms with Gasteiger partial charge >= 0.3 is 5.97 Å². The molecule has 0 fully saturated rings. The maximum Gasteiger partial charge on any atom is 0.347 e. The van der Waals surface area contributed by atoms with E-state index in [-0.39, 0.29) is 5.97 Å². The zero-order valence-corrected chi connectivity index (χ0v) is 17.3. The van der Waals surface area contributed by atoms with Gasteiger partial charge in [-0.3, -0.25) is 0 Å². The van der Waals surface area contributed by atoms with Gasteiger partial charge in [0.25, 0.3) is 0 Å². The molecule has 156 valence electrons. The molecule has 0 aliphatic carbocycles. The SMILES string of the molecule is CCCc1ccccc1OCCCOc1ccc2c(c1)OC(C(=O)OCC)CC2.